The predicted octanol–water partition coefficient (Wildman–Crippen LogP) is 6.64. The number of aryl methyl sites for hydroxylation is 1. The van der Waals surface area contributed by atoms with Crippen LogP contribution in [-0.4, -0.2) is 23.3 Å². The Labute approximate surface area is 199 Å². The maximum Gasteiger partial charge on any atom is 0.147 e. The summed E-state index contributed by atoms with van der Waals surface area (Å²) in [5.41, 5.74) is 2.13. The number of unbranched alkanes of at least 4 members (excludes halogenated alkanes) is 1. The molecule has 0 aliphatic carbocycles. The molecule has 1 aromatic heterocycles. The number of rotatable bonds is 10. The lowest BCUT2D eigenvalue weighted by Gasteiger charge is -2.12. The minimum Gasteiger partial charge on any atom is -0.497 e. The molecule has 0 bridgehead atoms. The summed E-state index contributed by atoms with van der Waals surface area (Å²) in [7, 11) is 1.66. The monoisotopic (exact) mass is 452 g/mol. The summed E-state index contributed by atoms with van der Waals surface area (Å²) in [6, 6.07) is 30.5. The number of ether oxygens (including phenoxy) is 3. The van der Waals surface area contributed by atoms with E-state index in [1.807, 2.05) is 48.5 Å². The molecule has 0 aliphatic heterocycles. The van der Waals surface area contributed by atoms with Crippen molar-refractivity contribution in [3.63, 3.8) is 0 Å². The third kappa shape index (κ3) is 4.99. The van der Waals surface area contributed by atoms with Crippen molar-refractivity contribution in [3.8, 4) is 17.2 Å². The third-order valence-electron chi connectivity index (χ3n) is 5.91. The molecule has 0 spiro atoms. The maximum atomic E-state index is 6.16. The van der Waals surface area contributed by atoms with Crippen molar-refractivity contribution in [2.45, 2.75) is 26.0 Å². The number of benzene rings is 4. The van der Waals surface area contributed by atoms with Crippen molar-refractivity contribution in [1.82, 2.24) is 9.55 Å². The first-order chi connectivity index (χ1) is 16.8. The molecule has 5 heteroatoms. The van der Waals surface area contributed by atoms with Gasteiger partial charge in [0, 0.05) is 12.6 Å². The largest absolute Gasteiger partial charge is 0.497 e. The summed E-state index contributed by atoms with van der Waals surface area (Å²) in [4.78, 5) is 4.85. The molecular weight excluding hydrogens is 424 g/mol. The van der Waals surface area contributed by atoms with Crippen LogP contribution in [0.2, 0.25) is 0 Å². The van der Waals surface area contributed by atoms with E-state index in [-0.39, 0.29) is 0 Å². The van der Waals surface area contributed by atoms with Gasteiger partial charge < -0.3 is 18.8 Å². The van der Waals surface area contributed by atoms with Crippen LogP contribution in [0.1, 0.15) is 18.7 Å². The van der Waals surface area contributed by atoms with Gasteiger partial charge >= 0.3 is 0 Å². The molecule has 1 heterocycles. The van der Waals surface area contributed by atoms with Gasteiger partial charge in [-0.25, -0.2) is 4.98 Å². The molecular formula is C29H28N2O3. The van der Waals surface area contributed by atoms with E-state index in [1.165, 1.54) is 10.8 Å². The van der Waals surface area contributed by atoms with E-state index in [4.69, 9.17) is 19.2 Å². The average molecular weight is 453 g/mol. The fourth-order valence-electron chi connectivity index (χ4n) is 4.14. The van der Waals surface area contributed by atoms with Gasteiger partial charge in [0.05, 0.1) is 24.8 Å². The number of nitrogens with zero attached hydrogens (tertiary/aromatic N) is 2. The SMILES string of the molecule is COc1cccc(OCCCCn2c(COc3ccc4ccccc4c3)nc3ccccc32)c1. The molecule has 5 nitrogen and oxygen atoms in total. The molecule has 0 saturated carbocycles. The Bertz CT molecular complexity index is 1390. The molecule has 34 heavy (non-hydrogen) atoms. The van der Waals surface area contributed by atoms with Gasteiger partial charge in [0.15, 0.2) is 0 Å². The number of fused-ring (bicyclic) bond motifs is 2. The summed E-state index contributed by atoms with van der Waals surface area (Å²) < 4.78 is 19.6. The number of aromatic nitrogens is 2. The highest BCUT2D eigenvalue weighted by molar-refractivity contribution is 5.83. The molecule has 0 fully saturated rings. The lowest BCUT2D eigenvalue weighted by molar-refractivity contribution is 0.285. The predicted molar refractivity (Wildman–Crippen MR) is 136 cm³/mol. The van der Waals surface area contributed by atoms with E-state index in [9.17, 15) is 0 Å². The lowest BCUT2D eigenvalue weighted by atomic mass is 10.1. The first-order valence-corrected chi connectivity index (χ1v) is 11.6. The number of imidazole rings is 1. The Balaban J connectivity index is 1.23. The highest BCUT2D eigenvalue weighted by Crippen LogP contribution is 2.23. The van der Waals surface area contributed by atoms with E-state index >= 15 is 0 Å². The highest BCUT2D eigenvalue weighted by Gasteiger charge is 2.11. The smallest absolute Gasteiger partial charge is 0.147 e. The van der Waals surface area contributed by atoms with Gasteiger partial charge in [0.25, 0.3) is 0 Å². The fraction of sp³-hybridized carbons (Fsp3) is 0.207. The van der Waals surface area contributed by atoms with E-state index in [2.05, 4.69) is 47.0 Å². The van der Waals surface area contributed by atoms with Crippen LogP contribution in [0.15, 0.2) is 91.0 Å². The first kappa shape index (κ1) is 21.8. The van der Waals surface area contributed by atoms with Crippen molar-refractivity contribution in [1.29, 1.82) is 0 Å². The highest BCUT2D eigenvalue weighted by atomic mass is 16.5. The van der Waals surface area contributed by atoms with Crippen LogP contribution in [0, 0.1) is 0 Å². The molecule has 0 aliphatic rings. The Hall–Kier alpha value is -3.99. The Kier molecular flexibility index (Phi) is 6.61. The van der Waals surface area contributed by atoms with E-state index < -0.39 is 0 Å². The zero-order valence-electron chi connectivity index (χ0n) is 19.3. The van der Waals surface area contributed by atoms with Gasteiger partial charge in [0.1, 0.15) is 29.7 Å². The van der Waals surface area contributed by atoms with E-state index in [0.29, 0.717) is 13.2 Å². The molecule has 172 valence electrons. The van der Waals surface area contributed by atoms with Gasteiger partial charge in [-0.15, -0.1) is 0 Å². The Morgan fingerprint density at radius 1 is 0.706 bits per heavy atom. The van der Waals surface area contributed by atoms with Crippen molar-refractivity contribution >= 4 is 21.8 Å². The van der Waals surface area contributed by atoms with Gasteiger partial charge in [-0.05, 0) is 60.0 Å². The number of para-hydroxylation sites is 2. The normalized spacial score (nSPS) is 11.1. The van der Waals surface area contributed by atoms with Crippen LogP contribution in [0.4, 0.5) is 0 Å². The minimum absolute atomic E-state index is 0.424. The quantitative estimate of drug-likeness (QED) is 0.223. The van der Waals surface area contributed by atoms with Crippen molar-refractivity contribution < 1.29 is 14.2 Å². The average Bonchev–Trinajstić information content (AvgIpc) is 3.24. The second-order valence-electron chi connectivity index (χ2n) is 8.20. The standard InChI is InChI=1S/C29H28N2O3/c1-32-24-11-8-12-25(20-24)33-18-7-6-17-31-28-14-5-4-13-27(28)30-29(31)21-34-26-16-15-22-9-2-3-10-23(22)19-26/h2-5,8-16,19-20H,6-7,17-18,21H2,1H3. The number of methoxy groups -OCH3 is 1. The molecule has 0 unspecified atom stereocenters. The van der Waals surface area contributed by atoms with Crippen LogP contribution >= 0.6 is 0 Å². The maximum absolute atomic E-state index is 6.16. The zero-order chi connectivity index (χ0) is 23.2. The summed E-state index contributed by atoms with van der Waals surface area (Å²) in [5, 5.41) is 2.38. The summed E-state index contributed by atoms with van der Waals surface area (Å²) in [5.74, 6) is 3.42. The molecule has 5 rings (SSSR count). The second-order valence-corrected chi connectivity index (χ2v) is 8.20. The topological polar surface area (TPSA) is 45.5 Å². The van der Waals surface area contributed by atoms with E-state index in [0.717, 1.165) is 53.5 Å². The van der Waals surface area contributed by atoms with E-state index in [1.54, 1.807) is 7.11 Å². The van der Waals surface area contributed by atoms with Crippen LogP contribution in [0.25, 0.3) is 21.8 Å². The number of hydrogen-bond acceptors (Lipinski definition) is 4. The van der Waals surface area contributed by atoms with Gasteiger partial charge in [0.2, 0.25) is 0 Å². The molecule has 0 amide bonds. The fourth-order valence-corrected chi connectivity index (χ4v) is 4.14. The third-order valence-corrected chi connectivity index (χ3v) is 5.91. The van der Waals surface area contributed by atoms with Gasteiger partial charge in [-0.1, -0.05) is 48.5 Å². The molecule has 4 aromatic carbocycles. The van der Waals surface area contributed by atoms with Crippen LogP contribution in [0.3, 0.4) is 0 Å². The second kappa shape index (κ2) is 10.3. The van der Waals surface area contributed by atoms with Gasteiger partial charge in [-0.2, -0.15) is 0 Å². The Morgan fingerprint density at radius 3 is 2.41 bits per heavy atom. The lowest BCUT2D eigenvalue weighted by Crippen LogP contribution is -2.09. The van der Waals surface area contributed by atoms with Crippen LogP contribution in [-0.2, 0) is 13.2 Å². The van der Waals surface area contributed by atoms with Gasteiger partial charge in [-0.3, -0.25) is 0 Å². The van der Waals surface area contributed by atoms with Crippen molar-refractivity contribution in [2.24, 2.45) is 0 Å². The van der Waals surface area contributed by atoms with Crippen LogP contribution < -0.4 is 14.2 Å². The molecule has 0 radical (unpaired) electrons. The molecule has 0 saturated heterocycles. The first-order valence-electron chi connectivity index (χ1n) is 11.6. The van der Waals surface area contributed by atoms with Crippen molar-refractivity contribution in [3.05, 3.63) is 96.8 Å². The summed E-state index contributed by atoms with van der Waals surface area (Å²) in [6.07, 6.45) is 1.92. The summed E-state index contributed by atoms with van der Waals surface area (Å²) in [6.45, 7) is 1.94. The van der Waals surface area contributed by atoms with Crippen LogP contribution in [0.5, 0.6) is 17.2 Å². The molecule has 0 N–H and O–H groups in total. The molecule has 0 atom stereocenters. The number of hydrogen-bond donors (Lipinski definition) is 0. The minimum atomic E-state index is 0.424. The zero-order valence-corrected chi connectivity index (χ0v) is 19.3. The Morgan fingerprint density at radius 2 is 1.50 bits per heavy atom. The summed E-state index contributed by atoms with van der Waals surface area (Å²) >= 11 is 0. The molecule has 5 aromatic rings. The van der Waals surface area contributed by atoms with Crippen molar-refractivity contribution in [2.75, 3.05) is 13.7 Å².